The van der Waals surface area contributed by atoms with Crippen LogP contribution in [0.1, 0.15) is 17.3 Å². The van der Waals surface area contributed by atoms with Crippen molar-refractivity contribution in [1.29, 1.82) is 0 Å². The zero-order chi connectivity index (χ0) is 15.5. The van der Waals surface area contributed by atoms with Crippen molar-refractivity contribution in [2.24, 2.45) is 0 Å². The molecule has 2 aromatic carbocycles. The summed E-state index contributed by atoms with van der Waals surface area (Å²) in [6, 6.07) is 16.1. The third-order valence-electron chi connectivity index (χ3n) is 3.94. The average Bonchev–Trinajstić information content (AvgIpc) is 2.88. The largest absolute Gasteiger partial charge is 0.358 e. The van der Waals surface area contributed by atoms with Crippen molar-refractivity contribution in [3.8, 4) is 11.1 Å². The van der Waals surface area contributed by atoms with Crippen LogP contribution in [0.4, 0.5) is 0 Å². The Kier molecular flexibility index (Phi) is 3.79. The number of hydrogen-bond donors (Lipinski definition) is 2. The van der Waals surface area contributed by atoms with Gasteiger partial charge in [0.25, 0.3) is 0 Å². The summed E-state index contributed by atoms with van der Waals surface area (Å²) in [6.07, 6.45) is 2.46. The first-order valence-electron chi connectivity index (χ1n) is 7.25. The second-order valence-corrected chi connectivity index (χ2v) is 5.26. The molecule has 0 saturated heterocycles. The molecule has 0 aliphatic heterocycles. The van der Waals surface area contributed by atoms with E-state index in [1.54, 1.807) is 6.08 Å². The Morgan fingerprint density at radius 1 is 1.14 bits per heavy atom. The van der Waals surface area contributed by atoms with Crippen LogP contribution in [0.2, 0.25) is 0 Å². The number of nitrogens with one attached hydrogen (secondary N) is 2. The van der Waals surface area contributed by atoms with Gasteiger partial charge in [-0.1, -0.05) is 48.5 Å². The standard InChI is InChI=1S/C19H18N2O/c1-3-17(20-12-22)14-8-4-5-9-15(14)19-13(2)21-18-11-7-6-10-16(18)19/h3-12,17,21H,1H2,2H3,(H,20,22). The van der Waals surface area contributed by atoms with Crippen LogP contribution >= 0.6 is 0 Å². The molecule has 1 heterocycles. The number of rotatable bonds is 5. The van der Waals surface area contributed by atoms with E-state index in [-0.39, 0.29) is 6.04 Å². The van der Waals surface area contributed by atoms with Gasteiger partial charge in [-0.2, -0.15) is 0 Å². The smallest absolute Gasteiger partial charge is 0.207 e. The summed E-state index contributed by atoms with van der Waals surface area (Å²) < 4.78 is 0. The van der Waals surface area contributed by atoms with Crippen molar-refractivity contribution in [3.63, 3.8) is 0 Å². The van der Waals surface area contributed by atoms with Gasteiger partial charge in [0.2, 0.25) is 6.41 Å². The van der Waals surface area contributed by atoms with Crippen LogP contribution < -0.4 is 5.32 Å². The van der Waals surface area contributed by atoms with E-state index in [2.05, 4.69) is 42.0 Å². The fourth-order valence-electron chi connectivity index (χ4n) is 2.98. The number of carbonyl (C=O) groups is 1. The lowest BCUT2D eigenvalue weighted by atomic mass is 9.93. The number of aromatic nitrogens is 1. The molecular formula is C19H18N2O. The molecule has 0 spiro atoms. The summed E-state index contributed by atoms with van der Waals surface area (Å²) in [5.74, 6) is 0. The van der Waals surface area contributed by atoms with Crippen molar-refractivity contribution in [2.45, 2.75) is 13.0 Å². The summed E-state index contributed by atoms with van der Waals surface area (Å²) in [4.78, 5) is 14.3. The monoisotopic (exact) mass is 290 g/mol. The first kappa shape index (κ1) is 14.1. The highest BCUT2D eigenvalue weighted by atomic mass is 16.1. The zero-order valence-corrected chi connectivity index (χ0v) is 12.5. The van der Waals surface area contributed by atoms with Crippen LogP contribution in [0.5, 0.6) is 0 Å². The molecule has 2 N–H and O–H groups in total. The molecule has 1 unspecified atom stereocenters. The van der Waals surface area contributed by atoms with E-state index in [1.165, 1.54) is 10.9 Å². The lowest BCUT2D eigenvalue weighted by Crippen LogP contribution is -2.17. The Labute approximate surface area is 129 Å². The fourth-order valence-corrected chi connectivity index (χ4v) is 2.98. The Bertz CT molecular complexity index is 832. The molecule has 0 aliphatic rings. The molecule has 0 radical (unpaired) electrons. The molecule has 0 saturated carbocycles. The van der Waals surface area contributed by atoms with Gasteiger partial charge in [0.15, 0.2) is 0 Å². The van der Waals surface area contributed by atoms with Gasteiger partial charge in [0, 0.05) is 22.2 Å². The SMILES string of the molecule is C=CC(NC=O)c1ccccc1-c1c(C)[nH]c2ccccc12. The van der Waals surface area contributed by atoms with E-state index in [0.717, 1.165) is 22.3 Å². The van der Waals surface area contributed by atoms with Crippen molar-refractivity contribution < 1.29 is 4.79 Å². The molecule has 0 fully saturated rings. The third-order valence-corrected chi connectivity index (χ3v) is 3.94. The molecule has 3 heteroatoms. The van der Waals surface area contributed by atoms with E-state index in [9.17, 15) is 4.79 Å². The van der Waals surface area contributed by atoms with Gasteiger partial charge in [0.05, 0.1) is 6.04 Å². The molecule has 110 valence electrons. The minimum Gasteiger partial charge on any atom is -0.358 e. The lowest BCUT2D eigenvalue weighted by Gasteiger charge is -2.17. The minimum atomic E-state index is -0.207. The number of aryl methyl sites for hydroxylation is 1. The molecule has 3 nitrogen and oxygen atoms in total. The van der Waals surface area contributed by atoms with Gasteiger partial charge < -0.3 is 10.3 Å². The van der Waals surface area contributed by atoms with Gasteiger partial charge in [-0.15, -0.1) is 6.58 Å². The Morgan fingerprint density at radius 2 is 1.86 bits per heavy atom. The van der Waals surface area contributed by atoms with Crippen molar-refractivity contribution in [2.75, 3.05) is 0 Å². The third kappa shape index (κ3) is 2.31. The minimum absolute atomic E-state index is 0.207. The summed E-state index contributed by atoms with van der Waals surface area (Å²) in [6.45, 7) is 5.91. The van der Waals surface area contributed by atoms with Crippen LogP contribution in [0.25, 0.3) is 22.0 Å². The van der Waals surface area contributed by atoms with Crippen molar-refractivity contribution in [3.05, 3.63) is 72.4 Å². The maximum absolute atomic E-state index is 10.9. The maximum atomic E-state index is 10.9. The number of H-pyrrole nitrogens is 1. The predicted octanol–water partition coefficient (Wildman–Crippen LogP) is 4.12. The molecule has 1 atom stereocenters. The number of fused-ring (bicyclic) bond motifs is 1. The number of aromatic amines is 1. The fraction of sp³-hybridized carbons (Fsp3) is 0.105. The number of para-hydroxylation sites is 1. The maximum Gasteiger partial charge on any atom is 0.207 e. The van der Waals surface area contributed by atoms with E-state index < -0.39 is 0 Å². The average molecular weight is 290 g/mol. The summed E-state index contributed by atoms with van der Waals surface area (Å²) in [5.41, 5.74) is 5.55. The molecule has 3 aromatic rings. The van der Waals surface area contributed by atoms with Gasteiger partial charge in [-0.25, -0.2) is 0 Å². The van der Waals surface area contributed by atoms with E-state index in [1.807, 2.05) is 30.3 Å². The van der Waals surface area contributed by atoms with Crippen molar-refractivity contribution in [1.82, 2.24) is 10.3 Å². The van der Waals surface area contributed by atoms with Crippen LogP contribution in [0, 0.1) is 6.92 Å². The van der Waals surface area contributed by atoms with Crippen molar-refractivity contribution >= 4 is 17.3 Å². The highest BCUT2D eigenvalue weighted by Gasteiger charge is 2.17. The number of benzene rings is 2. The van der Waals surface area contributed by atoms with E-state index in [0.29, 0.717) is 6.41 Å². The van der Waals surface area contributed by atoms with Crippen LogP contribution in [0.15, 0.2) is 61.2 Å². The number of carbonyl (C=O) groups excluding carboxylic acids is 1. The zero-order valence-electron chi connectivity index (χ0n) is 12.5. The number of hydrogen-bond acceptors (Lipinski definition) is 1. The lowest BCUT2D eigenvalue weighted by molar-refractivity contribution is -0.109. The normalized spacial score (nSPS) is 12.0. The Balaban J connectivity index is 2.25. The second kappa shape index (κ2) is 5.90. The molecule has 1 aromatic heterocycles. The highest BCUT2D eigenvalue weighted by Crippen LogP contribution is 2.36. The topological polar surface area (TPSA) is 44.9 Å². The van der Waals surface area contributed by atoms with Crippen LogP contribution in [-0.2, 0) is 4.79 Å². The van der Waals surface area contributed by atoms with Gasteiger partial charge in [0.1, 0.15) is 0 Å². The summed E-state index contributed by atoms with van der Waals surface area (Å²) >= 11 is 0. The molecule has 0 bridgehead atoms. The summed E-state index contributed by atoms with van der Waals surface area (Å²) in [5, 5.41) is 3.99. The van der Waals surface area contributed by atoms with Gasteiger partial charge >= 0.3 is 0 Å². The molecule has 0 aliphatic carbocycles. The van der Waals surface area contributed by atoms with E-state index in [4.69, 9.17) is 0 Å². The second-order valence-electron chi connectivity index (χ2n) is 5.26. The van der Waals surface area contributed by atoms with E-state index >= 15 is 0 Å². The van der Waals surface area contributed by atoms with Gasteiger partial charge in [-0.05, 0) is 24.1 Å². The number of amides is 1. The molecular weight excluding hydrogens is 272 g/mol. The Hall–Kier alpha value is -2.81. The Morgan fingerprint density at radius 3 is 2.64 bits per heavy atom. The molecule has 3 rings (SSSR count). The van der Waals surface area contributed by atoms with Crippen LogP contribution in [-0.4, -0.2) is 11.4 Å². The van der Waals surface area contributed by atoms with Gasteiger partial charge in [-0.3, -0.25) is 4.79 Å². The molecule has 1 amide bonds. The highest BCUT2D eigenvalue weighted by molar-refractivity contribution is 5.98. The summed E-state index contributed by atoms with van der Waals surface area (Å²) in [7, 11) is 0. The van der Waals surface area contributed by atoms with Crippen LogP contribution in [0.3, 0.4) is 0 Å². The quantitative estimate of drug-likeness (QED) is 0.539. The first-order chi connectivity index (χ1) is 10.8. The molecule has 22 heavy (non-hydrogen) atoms. The predicted molar refractivity (Wildman–Crippen MR) is 90.6 cm³/mol. The first-order valence-corrected chi connectivity index (χ1v) is 7.25.